The number of aryl methyl sites for hydroxylation is 5. The topological polar surface area (TPSA) is 72.3 Å². The minimum Gasteiger partial charge on any atom is -0.273 e. The van der Waals surface area contributed by atoms with Crippen LogP contribution < -0.4 is 4.31 Å². The van der Waals surface area contributed by atoms with Crippen molar-refractivity contribution in [3.63, 3.8) is 0 Å². The van der Waals surface area contributed by atoms with Crippen molar-refractivity contribution in [2.24, 2.45) is 7.05 Å². The Hall–Kier alpha value is -2.15. The van der Waals surface area contributed by atoms with Crippen molar-refractivity contribution in [3.8, 4) is 0 Å². The Bertz CT molecular complexity index is 920. The quantitative estimate of drug-likeness (QED) is 0.837. The summed E-state index contributed by atoms with van der Waals surface area (Å²) in [6.07, 6.45) is 1.07. The van der Waals surface area contributed by atoms with Gasteiger partial charge in [0.25, 0.3) is 0 Å². The van der Waals surface area contributed by atoms with Crippen LogP contribution >= 0.6 is 0 Å². The Labute approximate surface area is 149 Å². The summed E-state index contributed by atoms with van der Waals surface area (Å²) in [6.45, 7) is 9.33. The highest BCUT2D eigenvalue weighted by atomic mass is 32.2. The van der Waals surface area contributed by atoms with Gasteiger partial charge in [0.15, 0.2) is 0 Å². The molecule has 0 N–H and O–H groups in total. The predicted molar refractivity (Wildman–Crippen MR) is 99.4 cm³/mol. The molecule has 0 radical (unpaired) electrons. The fourth-order valence-corrected chi connectivity index (χ4v) is 4.27. The normalized spacial score (nSPS) is 11.6. The highest BCUT2D eigenvalue weighted by molar-refractivity contribution is 7.92. The lowest BCUT2D eigenvalue weighted by Gasteiger charge is -2.22. The van der Waals surface area contributed by atoms with Crippen LogP contribution in [0.3, 0.4) is 0 Å². The number of amides is 1. The first kappa shape index (κ1) is 19.2. The number of carbonyl (C=O) groups is 1. The van der Waals surface area contributed by atoms with Crippen LogP contribution in [0.2, 0.25) is 0 Å². The molecule has 0 atom stereocenters. The van der Waals surface area contributed by atoms with E-state index in [1.807, 2.05) is 32.9 Å². The lowest BCUT2D eigenvalue weighted by Crippen LogP contribution is -2.38. The number of anilines is 1. The van der Waals surface area contributed by atoms with Gasteiger partial charge in [-0.1, -0.05) is 17.7 Å². The van der Waals surface area contributed by atoms with Crippen molar-refractivity contribution in [2.75, 3.05) is 10.6 Å². The van der Waals surface area contributed by atoms with E-state index in [0.29, 0.717) is 17.1 Å². The van der Waals surface area contributed by atoms with Crippen LogP contribution in [-0.4, -0.2) is 30.4 Å². The molecule has 136 valence electrons. The van der Waals surface area contributed by atoms with Gasteiger partial charge in [0.2, 0.25) is 15.9 Å². The third kappa shape index (κ3) is 3.76. The molecular formula is C18H25N3O3S. The predicted octanol–water partition coefficient (Wildman–Crippen LogP) is 2.50. The largest absolute Gasteiger partial charge is 0.273 e. The van der Waals surface area contributed by atoms with E-state index in [1.54, 1.807) is 25.6 Å². The maximum Gasteiger partial charge on any atom is 0.245 e. The zero-order valence-corrected chi connectivity index (χ0v) is 16.7. The molecule has 6 nitrogen and oxygen atoms in total. The van der Waals surface area contributed by atoms with Crippen molar-refractivity contribution in [1.82, 2.24) is 9.78 Å². The first-order valence-corrected chi connectivity index (χ1v) is 9.88. The number of benzene rings is 1. The summed E-state index contributed by atoms with van der Waals surface area (Å²) in [7, 11) is -2.05. The zero-order valence-electron chi connectivity index (χ0n) is 15.8. The van der Waals surface area contributed by atoms with Gasteiger partial charge >= 0.3 is 0 Å². The van der Waals surface area contributed by atoms with Gasteiger partial charge in [0, 0.05) is 7.05 Å². The summed E-state index contributed by atoms with van der Waals surface area (Å²) in [5, 5.41) is 4.24. The number of nitrogens with zero attached hydrogens (tertiary/aromatic N) is 3. The molecule has 0 fully saturated rings. The smallest absolute Gasteiger partial charge is 0.245 e. The third-order valence-electron chi connectivity index (χ3n) is 4.40. The zero-order chi connectivity index (χ0) is 19.1. The van der Waals surface area contributed by atoms with E-state index in [0.717, 1.165) is 32.8 Å². The van der Waals surface area contributed by atoms with Crippen molar-refractivity contribution >= 4 is 21.6 Å². The number of aromatic nitrogens is 2. The number of hydrogen-bond acceptors (Lipinski definition) is 4. The molecule has 7 heteroatoms. The Balaban J connectivity index is 2.53. The van der Waals surface area contributed by atoms with Gasteiger partial charge in [-0.25, -0.2) is 12.7 Å². The molecule has 2 aromatic rings. The van der Waals surface area contributed by atoms with E-state index in [-0.39, 0.29) is 6.42 Å². The average molecular weight is 363 g/mol. The molecule has 0 bridgehead atoms. The van der Waals surface area contributed by atoms with Crippen LogP contribution in [0.15, 0.2) is 12.1 Å². The van der Waals surface area contributed by atoms with E-state index in [2.05, 4.69) is 5.10 Å². The molecule has 0 unspecified atom stereocenters. The summed E-state index contributed by atoms with van der Waals surface area (Å²) < 4.78 is 27.2. The second kappa shape index (κ2) is 6.63. The van der Waals surface area contributed by atoms with Gasteiger partial charge in [-0.05, 0) is 51.3 Å². The van der Waals surface area contributed by atoms with Crippen LogP contribution in [0.5, 0.6) is 0 Å². The van der Waals surface area contributed by atoms with Crippen LogP contribution in [0, 0.1) is 34.6 Å². The Morgan fingerprint density at radius 1 is 1.12 bits per heavy atom. The van der Waals surface area contributed by atoms with Gasteiger partial charge in [-0.3, -0.25) is 9.48 Å². The molecular weight excluding hydrogens is 338 g/mol. The molecule has 0 aliphatic carbocycles. The first-order chi connectivity index (χ1) is 11.4. The summed E-state index contributed by atoms with van der Waals surface area (Å²) in [4.78, 5) is 13.0. The summed E-state index contributed by atoms with van der Waals surface area (Å²) in [5.41, 5.74) is 5.44. The van der Waals surface area contributed by atoms with Crippen LogP contribution in [-0.2, 0) is 28.3 Å². The molecule has 0 spiro atoms. The van der Waals surface area contributed by atoms with E-state index < -0.39 is 15.9 Å². The van der Waals surface area contributed by atoms with Gasteiger partial charge in [-0.15, -0.1) is 0 Å². The Kier molecular flexibility index (Phi) is 5.09. The number of sulfonamides is 1. The van der Waals surface area contributed by atoms with E-state index in [1.165, 1.54) is 0 Å². The second-order valence-corrected chi connectivity index (χ2v) is 8.45. The second-order valence-electron chi connectivity index (χ2n) is 6.62. The first-order valence-electron chi connectivity index (χ1n) is 8.03. The molecule has 0 aliphatic rings. The molecule has 0 aliphatic heterocycles. The highest BCUT2D eigenvalue weighted by Crippen LogP contribution is 2.28. The van der Waals surface area contributed by atoms with Crippen LogP contribution in [0.4, 0.5) is 5.69 Å². The molecule has 1 amide bonds. The van der Waals surface area contributed by atoms with E-state index in [4.69, 9.17) is 0 Å². The van der Waals surface area contributed by atoms with Crippen LogP contribution in [0.1, 0.15) is 33.6 Å². The molecule has 25 heavy (non-hydrogen) atoms. The van der Waals surface area contributed by atoms with E-state index in [9.17, 15) is 13.2 Å². The number of hydrogen-bond donors (Lipinski definition) is 0. The van der Waals surface area contributed by atoms with Crippen LogP contribution in [0.25, 0.3) is 0 Å². The van der Waals surface area contributed by atoms with Crippen molar-refractivity contribution < 1.29 is 13.2 Å². The highest BCUT2D eigenvalue weighted by Gasteiger charge is 2.31. The maximum atomic E-state index is 13.0. The number of rotatable bonds is 4. The number of carbonyl (C=O) groups excluding carboxylic acids is 1. The minimum absolute atomic E-state index is 0.0266. The summed E-state index contributed by atoms with van der Waals surface area (Å²) in [6, 6.07) is 4.00. The standard InChI is InChI=1S/C18H25N3O3S/c1-11-8-12(2)16(13(3)9-11)10-17(22)21(25(7,23)24)18-14(4)19-20(6)15(18)5/h8-9H,10H2,1-7H3. The molecule has 1 aromatic heterocycles. The average Bonchev–Trinajstić information content (AvgIpc) is 2.68. The Morgan fingerprint density at radius 2 is 1.64 bits per heavy atom. The summed E-state index contributed by atoms with van der Waals surface area (Å²) in [5.74, 6) is -0.475. The lowest BCUT2D eigenvalue weighted by molar-refractivity contribution is -0.116. The van der Waals surface area contributed by atoms with Gasteiger partial charge < -0.3 is 0 Å². The fraction of sp³-hybridized carbons (Fsp3) is 0.444. The lowest BCUT2D eigenvalue weighted by atomic mass is 9.97. The third-order valence-corrected chi connectivity index (χ3v) is 5.45. The van der Waals surface area contributed by atoms with E-state index >= 15 is 0 Å². The molecule has 0 saturated heterocycles. The molecule has 0 saturated carbocycles. The van der Waals surface area contributed by atoms with Gasteiger partial charge in [0.1, 0.15) is 5.69 Å². The van der Waals surface area contributed by atoms with Crippen molar-refractivity contribution in [2.45, 2.75) is 41.0 Å². The minimum atomic E-state index is -3.77. The molecule has 1 aromatic carbocycles. The summed E-state index contributed by atoms with van der Waals surface area (Å²) >= 11 is 0. The molecule has 2 rings (SSSR count). The monoisotopic (exact) mass is 363 g/mol. The van der Waals surface area contributed by atoms with Gasteiger partial charge in [0.05, 0.1) is 24.1 Å². The Morgan fingerprint density at radius 3 is 2.04 bits per heavy atom. The molecule has 1 heterocycles. The SMILES string of the molecule is Cc1cc(C)c(CC(=O)N(c2c(C)nn(C)c2C)S(C)(=O)=O)c(C)c1. The maximum absolute atomic E-state index is 13.0. The van der Waals surface area contributed by atoms with Gasteiger partial charge in [-0.2, -0.15) is 5.10 Å². The van der Waals surface area contributed by atoms with Crippen molar-refractivity contribution in [1.29, 1.82) is 0 Å². The van der Waals surface area contributed by atoms with Crippen molar-refractivity contribution in [3.05, 3.63) is 45.8 Å². The fourth-order valence-electron chi connectivity index (χ4n) is 3.24.